The summed E-state index contributed by atoms with van der Waals surface area (Å²) in [5.74, 6) is 0. The van der Waals surface area contributed by atoms with E-state index in [1.807, 2.05) is 0 Å². The SMILES string of the molecule is S.[Cu].[GeH4].[SnH2].[Zn]. The molecule has 0 saturated carbocycles. The van der Waals surface area contributed by atoms with Gasteiger partial charge in [0.25, 0.3) is 0 Å². The summed E-state index contributed by atoms with van der Waals surface area (Å²) in [6, 6.07) is 0. The molecule has 0 heterocycles. The molecule has 0 aliphatic rings. The third-order valence-electron chi connectivity index (χ3n) is 0. The molecule has 0 rings (SSSR count). The fourth-order valence-electron chi connectivity index (χ4n) is 0. The van der Waals surface area contributed by atoms with Gasteiger partial charge in [0.15, 0.2) is 0 Å². The molecule has 0 unspecified atom stereocenters. The van der Waals surface area contributed by atoms with Crippen molar-refractivity contribution in [1.82, 2.24) is 0 Å². The summed E-state index contributed by atoms with van der Waals surface area (Å²) in [5.41, 5.74) is 0. The van der Waals surface area contributed by atoms with Gasteiger partial charge in [-0.25, -0.2) is 0 Å². The molecule has 0 N–H and O–H groups in total. The van der Waals surface area contributed by atoms with Gasteiger partial charge in [0.05, 0.1) is 0 Å². The summed E-state index contributed by atoms with van der Waals surface area (Å²) in [5, 5.41) is 0. The first-order valence-corrected chi connectivity index (χ1v) is 0. The first-order valence-electron chi connectivity index (χ1n) is 0. The largest absolute Gasteiger partial charge is 0 e. The molecule has 0 aliphatic heterocycles. The predicted octanol–water partition coefficient (Wildman–Crippen LogP) is -2.26. The minimum absolute atomic E-state index is 0. The van der Waals surface area contributed by atoms with E-state index in [9.17, 15) is 0 Å². The fourth-order valence-corrected chi connectivity index (χ4v) is 0. The van der Waals surface area contributed by atoms with E-state index in [0.29, 0.717) is 0 Å². The van der Waals surface area contributed by atoms with Crippen LogP contribution in [0.4, 0.5) is 0 Å². The van der Waals surface area contributed by atoms with E-state index >= 15 is 0 Å². The molecule has 0 bridgehead atoms. The molecule has 0 nitrogen and oxygen atoms in total. The van der Waals surface area contributed by atoms with E-state index in [1.54, 1.807) is 0 Å². The maximum absolute atomic E-state index is 0. The van der Waals surface area contributed by atoms with Crippen LogP contribution in [0.3, 0.4) is 0 Å². The van der Waals surface area contributed by atoms with Gasteiger partial charge >= 0.3 is 41.5 Å². The molecule has 0 aromatic rings. The standard InChI is InChI=1S/Cu.GeH4.H2S.Sn.Zn.2H/h;1H4;1H2;;;;. The minimum atomic E-state index is 0. The van der Waals surface area contributed by atoms with Crippen molar-refractivity contribution < 1.29 is 36.5 Å². The van der Waals surface area contributed by atoms with Crippen LogP contribution < -0.4 is 0 Å². The zero-order valence-corrected chi connectivity index (χ0v) is 11.2. The van der Waals surface area contributed by atoms with Gasteiger partial charge in [0, 0.05) is 36.5 Å². The van der Waals surface area contributed by atoms with Crippen LogP contribution in [0.25, 0.3) is 0 Å². The van der Waals surface area contributed by atoms with Crippen LogP contribution in [-0.4, -0.2) is 41.5 Å². The Morgan fingerprint density at radius 3 is 1.00 bits per heavy atom. The number of hydrogen-bond donors (Lipinski definition) is 0. The molecule has 3 radical (unpaired) electrons. The molecule has 0 aromatic heterocycles. The van der Waals surface area contributed by atoms with Crippen molar-refractivity contribution >= 4 is 55.0 Å². The van der Waals surface area contributed by atoms with Gasteiger partial charge in [-0.1, -0.05) is 0 Å². The van der Waals surface area contributed by atoms with Gasteiger partial charge < -0.3 is 0 Å². The Morgan fingerprint density at radius 2 is 1.00 bits per heavy atom. The molecule has 35 valence electrons. The molecular weight excluding hydrogens is 352 g/mol. The van der Waals surface area contributed by atoms with Crippen molar-refractivity contribution in [2.75, 3.05) is 0 Å². The summed E-state index contributed by atoms with van der Waals surface area (Å²) in [4.78, 5) is 0. The van der Waals surface area contributed by atoms with E-state index in [1.165, 1.54) is 0 Å². The smallest absolute Gasteiger partial charge is 0 e. The van der Waals surface area contributed by atoms with Gasteiger partial charge in [-0.05, 0) is 0 Å². The van der Waals surface area contributed by atoms with Crippen LogP contribution in [0.1, 0.15) is 0 Å². The van der Waals surface area contributed by atoms with Crippen molar-refractivity contribution in [1.29, 1.82) is 0 Å². The monoisotopic (exact) mass is 361 g/mol. The molecular formula is H8CuGeSSnZn. The number of hydrogen-bond acceptors (Lipinski definition) is 0. The quantitative estimate of drug-likeness (QED) is 0.428. The first kappa shape index (κ1) is 45.5. The summed E-state index contributed by atoms with van der Waals surface area (Å²) in [6.07, 6.45) is 0. The first-order chi connectivity index (χ1) is 0. The molecule has 0 amide bonds. The van der Waals surface area contributed by atoms with Gasteiger partial charge in [-0.15, -0.1) is 0 Å². The van der Waals surface area contributed by atoms with Crippen molar-refractivity contribution in [3.05, 3.63) is 0 Å². The molecule has 0 atom stereocenters. The Bertz CT molecular complexity index is 11.6. The maximum atomic E-state index is 0. The van der Waals surface area contributed by atoms with E-state index < -0.39 is 0 Å². The van der Waals surface area contributed by atoms with Gasteiger partial charge in [-0.2, -0.15) is 13.5 Å². The summed E-state index contributed by atoms with van der Waals surface area (Å²) in [7, 11) is 0. The van der Waals surface area contributed by atoms with Crippen molar-refractivity contribution in [3.63, 3.8) is 0 Å². The van der Waals surface area contributed by atoms with E-state index in [2.05, 4.69) is 0 Å². The Kier molecular flexibility index (Phi) is 264. The zero-order valence-electron chi connectivity index (χ0n) is 2.22. The van der Waals surface area contributed by atoms with Crippen LogP contribution in [0.5, 0.6) is 0 Å². The zero-order chi connectivity index (χ0) is 0. The molecule has 0 aliphatic carbocycles. The summed E-state index contributed by atoms with van der Waals surface area (Å²) >= 11 is 0. The van der Waals surface area contributed by atoms with E-state index in [0.717, 1.165) is 0 Å². The van der Waals surface area contributed by atoms with Crippen LogP contribution >= 0.6 is 13.5 Å². The Morgan fingerprint density at radius 1 is 1.00 bits per heavy atom. The van der Waals surface area contributed by atoms with Gasteiger partial charge in [0.1, 0.15) is 0 Å². The van der Waals surface area contributed by atoms with Crippen molar-refractivity contribution in [2.45, 2.75) is 0 Å². The number of rotatable bonds is 0. The minimum Gasteiger partial charge on any atom is 0 e. The normalized spacial score (nSPS) is 0. The Hall–Kier alpha value is 2.83. The van der Waals surface area contributed by atoms with Gasteiger partial charge in [-0.3, -0.25) is 0 Å². The third-order valence-corrected chi connectivity index (χ3v) is 0. The Balaban J connectivity index is 0. The second-order valence-electron chi connectivity index (χ2n) is 0. The van der Waals surface area contributed by atoms with Crippen LogP contribution in [0.15, 0.2) is 0 Å². The van der Waals surface area contributed by atoms with E-state index in [-0.39, 0.29) is 91.5 Å². The van der Waals surface area contributed by atoms with Crippen molar-refractivity contribution in [3.8, 4) is 0 Å². The molecule has 0 aromatic carbocycles. The van der Waals surface area contributed by atoms with Crippen molar-refractivity contribution in [2.24, 2.45) is 0 Å². The molecule has 0 spiro atoms. The average molecular weight is 360 g/mol. The van der Waals surface area contributed by atoms with Crippen LogP contribution in [0, 0.1) is 0 Å². The summed E-state index contributed by atoms with van der Waals surface area (Å²) in [6.45, 7) is 0. The topological polar surface area (TPSA) is 0 Å². The fraction of sp³-hybridized carbons (Fsp3) is 0. The summed E-state index contributed by atoms with van der Waals surface area (Å²) < 4.78 is 0. The molecule has 0 saturated heterocycles. The average Bonchev–Trinajstić information content (AvgIpc) is 0. The molecule has 5 heteroatoms. The van der Waals surface area contributed by atoms with Crippen LogP contribution in [-0.2, 0) is 36.5 Å². The predicted molar refractivity (Wildman–Crippen MR) is 30.3 cm³/mol. The second kappa shape index (κ2) is 29.0. The van der Waals surface area contributed by atoms with Crippen LogP contribution in [0.2, 0.25) is 0 Å². The Labute approximate surface area is 90.2 Å². The maximum Gasteiger partial charge on any atom is 0 e. The van der Waals surface area contributed by atoms with E-state index in [4.69, 9.17) is 0 Å². The van der Waals surface area contributed by atoms with Gasteiger partial charge in [0.2, 0.25) is 0 Å². The molecule has 0 fully saturated rings. The second-order valence-corrected chi connectivity index (χ2v) is 0. The molecule has 5 heavy (non-hydrogen) atoms. The third kappa shape index (κ3) is 19.9.